The summed E-state index contributed by atoms with van der Waals surface area (Å²) in [5.41, 5.74) is 2.84. The minimum atomic E-state index is -2.79. The molecular formula is C26H23F2N5O4. The third kappa shape index (κ3) is 5.77. The molecule has 0 atom stereocenters. The van der Waals surface area contributed by atoms with Crippen LogP contribution in [0, 0.1) is 0 Å². The molecule has 4 rings (SSSR count). The van der Waals surface area contributed by atoms with E-state index in [9.17, 15) is 23.2 Å². The molecule has 1 aromatic carbocycles. The second-order valence-corrected chi connectivity index (χ2v) is 8.09. The van der Waals surface area contributed by atoms with Gasteiger partial charge in [0.1, 0.15) is 5.65 Å². The van der Waals surface area contributed by atoms with E-state index in [1.807, 2.05) is 28.9 Å². The Labute approximate surface area is 210 Å². The molecule has 0 radical (unpaired) electrons. The van der Waals surface area contributed by atoms with Crippen molar-refractivity contribution >= 4 is 29.1 Å². The fraction of sp³-hybridized carbons (Fsp3) is 0.192. The molecule has 0 fully saturated rings. The van der Waals surface area contributed by atoms with Crippen molar-refractivity contribution < 1.29 is 27.9 Å². The van der Waals surface area contributed by atoms with Gasteiger partial charge in [0, 0.05) is 43.8 Å². The number of hydrogen-bond acceptors (Lipinski definition) is 6. The molecular weight excluding hydrogens is 484 g/mol. The van der Waals surface area contributed by atoms with E-state index in [0.717, 1.165) is 30.1 Å². The summed E-state index contributed by atoms with van der Waals surface area (Å²) >= 11 is 0. The van der Waals surface area contributed by atoms with Crippen LogP contribution in [0.1, 0.15) is 33.2 Å². The molecule has 2 amide bonds. The predicted octanol–water partition coefficient (Wildman–Crippen LogP) is 3.73. The minimum Gasteiger partial charge on any atom is -0.465 e. The van der Waals surface area contributed by atoms with E-state index in [-0.39, 0.29) is 17.2 Å². The van der Waals surface area contributed by atoms with Crippen LogP contribution in [0.25, 0.3) is 16.9 Å². The molecule has 1 N–H and O–H groups in total. The number of alkyl halides is 2. The van der Waals surface area contributed by atoms with Crippen LogP contribution in [-0.2, 0) is 16.1 Å². The first-order chi connectivity index (χ1) is 17.8. The lowest BCUT2D eigenvalue weighted by Crippen LogP contribution is -2.34. The largest absolute Gasteiger partial charge is 0.465 e. The second kappa shape index (κ2) is 10.9. The third-order valence-electron chi connectivity index (χ3n) is 5.63. The van der Waals surface area contributed by atoms with Crippen LogP contribution in [0.4, 0.5) is 14.5 Å². The zero-order valence-electron chi connectivity index (χ0n) is 20.0. The van der Waals surface area contributed by atoms with Gasteiger partial charge < -0.3 is 19.4 Å². The van der Waals surface area contributed by atoms with Gasteiger partial charge in [0.25, 0.3) is 12.3 Å². The molecule has 3 heterocycles. The molecule has 11 heteroatoms. The summed E-state index contributed by atoms with van der Waals surface area (Å²) in [5, 5.41) is 2.83. The van der Waals surface area contributed by atoms with Gasteiger partial charge in [0.15, 0.2) is 0 Å². The molecule has 0 bridgehead atoms. The van der Waals surface area contributed by atoms with Crippen molar-refractivity contribution in [1.82, 2.24) is 19.7 Å². The number of rotatable bonds is 8. The van der Waals surface area contributed by atoms with Gasteiger partial charge in [0.2, 0.25) is 5.91 Å². The summed E-state index contributed by atoms with van der Waals surface area (Å²) in [6, 6.07) is 11.3. The quantitative estimate of drug-likeness (QED) is 0.365. The van der Waals surface area contributed by atoms with Crippen LogP contribution in [-0.4, -0.2) is 52.2 Å². The molecule has 0 unspecified atom stereocenters. The number of hydrogen-bond donors (Lipinski definition) is 1. The Bertz CT molecular complexity index is 1450. The first-order valence-corrected chi connectivity index (χ1v) is 11.2. The summed E-state index contributed by atoms with van der Waals surface area (Å²) in [4.78, 5) is 46.3. The summed E-state index contributed by atoms with van der Waals surface area (Å²) in [6.07, 6.45) is 3.98. The van der Waals surface area contributed by atoms with Crippen molar-refractivity contribution in [1.29, 1.82) is 0 Å². The van der Waals surface area contributed by atoms with Gasteiger partial charge in [-0.05, 0) is 42.0 Å². The smallest absolute Gasteiger partial charge is 0.340 e. The van der Waals surface area contributed by atoms with Crippen molar-refractivity contribution in [2.45, 2.75) is 19.9 Å². The molecule has 0 saturated heterocycles. The van der Waals surface area contributed by atoms with E-state index >= 15 is 0 Å². The molecule has 37 heavy (non-hydrogen) atoms. The van der Waals surface area contributed by atoms with Gasteiger partial charge in [-0.15, -0.1) is 0 Å². The Hall–Kier alpha value is -4.67. The van der Waals surface area contributed by atoms with E-state index in [0.29, 0.717) is 23.4 Å². The molecule has 9 nitrogen and oxygen atoms in total. The van der Waals surface area contributed by atoms with Crippen molar-refractivity contribution in [2.24, 2.45) is 0 Å². The van der Waals surface area contributed by atoms with Crippen molar-refractivity contribution in [3.8, 4) is 11.3 Å². The van der Waals surface area contributed by atoms with Gasteiger partial charge in [-0.1, -0.05) is 6.07 Å². The minimum absolute atomic E-state index is 0.00735. The SMILES string of the molecule is COC(=O)c1cc(-c2ccc(C(=O)NCc3ccn4ccnc4c3)cn2)ccc1N(CC(F)F)C(C)=O. The zero-order chi connectivity index (χ0) is 26.5. The number of methoxy groups -OCH3 is 1. The van der Waals surface area contributed by atoms with Gasteiger partial charge in [-0.3, -0.25) is 14.6 Å². The molecule has 0 spiro atoms. The molecule has 3 aromatic heterocycles. The normalized spacial score (nSPS) is 10.9. The predicted molar refractivity (Wildman–Crippen MR) is 131 cm³/mol. The number of benzene rings is 1. The number of anilines is 1. The monoisotopic (exact) mass is 507 g/mol. The Morgan fingerprint density at radius 3 is 2.57 bits per heavy atom. The Morgan fingerprint density at radius 2 is 1.89 bits per heavy atom. The fourth-order valence-electron chi connectivity index (χ4n) is 3.78. The average molecular weight is 507 g/mol. The lowest BCUT2D eigenvalue weighted by atomic mass is 10.0. The molecule has 0 aliphatic heterocycles. The number of esters is 1. The number of carbonyl (C=O) groups is 3. The third-order valence-corrected chi connectivity index (χ3v) is 5.63. The van der Waals surface area contributed by atoms with E-state index in [1.165, 1.54) is 18.3 Å². The lowest BCUT2D eigenvalue weighted by molar-refractivity contribution is -0.117. The number of aromatic nitrogens is 3. The summed E-state index contributed by atoms with van der Waals surface area (Å²) in [6.45, 7) is 0.578. The van der Waals surface area contributed by atoms with Crippen LogP contribution in [0.3, 0.4) is 0 Å². The summed E-state index contributed by atoms with van der Waals surface area (Å²) in [7, 11) is 1.16. The van der Waals surface area contributed by atoms with Crippen molar-refractivity contribution in [2.75, 3.05) is 18.6 Å². The molecule has 190 valence electrons. The Kier molecular flexibility index (Phi) is 7.52. The van der Waals surface area contributed by atoms with Crippen molar-refractivity contribution in [3.63, 3.8) is 0 Å². The van der Waals surface area contributed by atoms with Gasteiger partial charge in [-0.2, -0.15) is 0 Å². The van der Waals surface area contributed by atoms with Gasteiger partial charge in [-0.25, -0.2) is 18.6 Å². The molecule has 0 aliphatic carbocycles. The first-order valence-electron chi connectivity index (χ1n) is 11.2. The second-order valence-electron chi connectivity index (χ2n) is 8.09. The fourth-order valence-corrected chi connectivity index (χ4v) is 3.78. The highest BCUT2D eigenvalue weighted by molar-refractivity contribution is 6.03. The topological polar surface area (TPSA) is 106 Å². The maximum atomic E-state index is 13.0. The van der Waals surface area contributed by atoms with E-state index < -0.39 is 24.8 Å². The highest BCUT2D eigenvalue weighted by atomic mass is 19.3. The van der Waals surface area contributed by atoms with Crippen LogP contribution in [0.5, 0.6) is 0 Å². The van der Waals surface area contributed by atoms with E-state index in [2.05, 4.69) is 15.3 Å². The Morgan fingerprint density at radius 1 is 1.08 bits per heavy atom. The maximum absolute atomic E-state index is 13.0. The van der Waals surface area contributed by atoms with Gasteiger partial charge in [0.05, 0.1) is 36.2 Å². The molecule has 0 aliphatic rings. The highest BCUT2D eigenvalue weighted by Crippen LogP contribution is 2.28. The van der Waals surface area contributed by atoms with E-state index in [4.69, 9.17) is 4.74 Å². The number of imidazole rings is 1. The zero-order valence-corrected chi connectivity index (χ0v) is 20.0. The number of amides is 2. The number of carbonyl (C=O) groups excluding carboxylic acids is 3. The van der Waals surface area contributed by atoms with Crippen LogP contribution in [0.2, 0.25) is 0 Å². The molecule has 4 aromatic rings. The number of ether oxygens (including phenoxy) is 1. The lowest BCUT2D eigenvalue weighted by Gasteiger charge is -2.23. The average Bonchev–Trinajstić information content (AvgIpc) is 3.37. The summed E-state index contributed by atoms with van der Waals surface area (Å²) < 4.78 is 32.7. The van der Waals surface area contributed by atoms with Gasteiger partial charge >= 0.3 is 5.97 Å². The maximum Gasteiger partial charge on any atom is 0.340 e. The van der Waals surface area contributed by atoms with E-state index in [1.54, 1.807) is 24.4 Å². The highest BCUT2D eigenvalue weighted by Gasteiger charge is 2.24. The number of pyridine rings is 2. The number of nitrogens with one attached hydrogen (secondary N) is 1. The standard InChI is InChI=1S/C26H23F2N5O4/c1-16(34)33(15-23(27)28)22-6-4-18(12-20(22)26(36)37-2)21-5-3-19(14-30-21)25(35)31-13-17-7-9-32-10-8-29-24(32)11-17/h3-12,14,23H,13,15H2,1-2H3,(H,31,35). The van der Waals surface area contributed by atoms with Crippen LogP contribution < -0.4 is 10.2 Å². The van der Waals surface area contributed by atoms with Crippen LogP contribution >= 0.6 is 0 Å². The Balaban J connectivity index is 1.52. The number of halogens is 2. The summed E-state index contributed by atoms with van der Waals surface area (Å²) in [5.74, 6) is -1.75. The molecule has 0 saturated carbocycles. The number of fused-ring (bicyclic) bond motifs is 1. The van der Waals surface area contributed by atoms with Crippen LogP contribution in [0.15, 0.2) is 67.3 Å². The first kappa shape index (κ1) is 25.4. The number of nitrogens with zero attached hydrogens (tertiary/aromatic N) is 4. The van der Waals surface area contributed by atoms with Crippen molar-refractivity contribution in [3.05, 3.63) is 83.9 Å².